The molecule has 240 valence electrons. The monoisotopic (exact) mass is 650 g/mol. The van der Waals surface area contributed by atoms with Crippen LogP contribution in [0.15, 0.2) is 119 Å². The smallest absolute Gasteiger partial charge is 0.360 e. The van der Waals surface area contributed by atoms with Crippen LogP contribution in [0.2, 0.25) is 0 Å². The van der Waals surface area contributed by atoms with Crippen molar-refractivity contribution in [2.75, 3.05) is 22.9 Å². The van der Waals surface area contributed by atoms with E-state index in [-0.39, 0.29) is 44.4 Å². The second-order valence-corrected chi connectivity index (χ2v) is 10.9. The first-order chi connectivity index (χ1) is 22.3. The summed E-state index contributed by atoms with van der Waals surface area (Å²) in [4.78, 5) is 38.0. The first kappa shape index (κ1) is 31.7. The summed E-state index contributed by atoms with van der Waals surface area (Å²) in [6.45, 7) is -3.74. The maximum atomic E-state index is 14.4. The molecular weight excluding hydrogens is 626 g/mol. The number of para-hydroxylation sites is 2. The summed E-state index contributed by atoms with van der Waals surface area (Å²) >= 11 is 0. The maximum absolute atomic E-state index is 14.4. The number of hydrogen-bond acceptors (Lipinski definition) is 5. The predicted molar refractivity (Wildman–Crippen MR) is 163 cm³/mol. The highest BCUT2D eigenvalue weighted by molar-refractivity contribution is 6.24. The fraction of sp³-hybridized carbons (Fsp3) is 0.176. The van der Waals surface area contributed by atoms with E-state index in [1.807, 2.05) is 0 Å². The van der Waals surface area contributed by atoms with Crippen LogP contribution >= 0.6 is 0 Å². The summed E-state index contributed by atoms with van der Waals surface area (Å²) in [5.41, 5.74) is -3.58. The number of benzene rings is 4. The quantitative estimate of drug-likeness (QED) is 0.272. The van der Waals surface area contributed by atoms with Gasteiger partial charge in [0.15, 0.2) is 6.04 Å². The minimum absolute atomic E-state index is 0.0102. The highest BCUT2D eigenvalue weighted by Crippen LogP contribution is 2.39. The zero-order chi connectivity index (χ0) is 33.6. The molecule has 47 heavy (non-hydrogen) atoms. The molecule has 0 saturated carbocycles. The molecule has 0 radical (unpaired) electrons. The number of anilines is 2. The number of carbonyl (C=O) groups is 2. The van der Waals surface area contributed by atoms with Gasteiger partial charge in [-0.25, -0.2) is 4.99 Å². The Hall–Kier alpha value is -5.30. The van der Waals surface area contributed by atoms with E-state index in [2.05, 4.69) is 9.98 Å². The Morgan fingerprint density at radius 2 is 1.04 bits per heavy atom. The molecule has 0 spiro atoms. The Bertz CT molecular complexity index is 1890. The van der Waals surface area contributed by atoms with Crippen molar-refractivity contribution in [3.8, 4) is 0 Å². The lowest BCUT2D eigenvalue weighted by molar-refractivity contribution is -0.150. The molecule has 0 aliphatic carbocycles. The maximum Gasteiger partial charge on any atom is 0.406 e. The van der Waals surface area contributed by atoms with Crippen LogP contribution in [0.3, 0.4) is 0 Å². The molecule has 6 rings (SSSR count). The molecule has 4 aromatic rings. The molecule has 1 unspecified atom stereocenters. The van der Waals surface area contributed by atoms with Gasteiger partial charge >= 0.3 is 12.4 Å². The molecule has 13 heteroatoms. The molecule has 2 aliphatic heterocycles. The van der Waals surface area contributed by atoms with Crippen LogP contribution in [-0.2, 0) is 9.59 Å². The lowest BCUT2D eigenvalue weighted by Crippen LogP contribution is -2.61. The lowest BCUT2D eigenvalue weighted by atomic mass is 9.99. The van der Waals surface area contributed by atoms with Gasteiger partial charge in [0.05, 0.1) is 22.8 Å². The lowest BCUT2D eigenvalue weighted by Gasteiger charge is -2.34. The van der Waals surface area contributed by atoms with E-state index in [9.17, 15) is 41.0 Å². The number of alkyl halides is 6. The van der Waals surface area contributed by atoms with Crippen molar-refractivity contribution < 1.29 is 41.0 Å². The molecule has 7 nitrogen and oxygen atoms in total. The van der Waals surface area contributed by atoms with Crippen molar-refractivity contribution >= 4 is 34.6 Å². The summed E-state index contributed by atoms with van der Waals surface area (Å²) in [7, 11) is 0. The molecule has 2 heterocycles. The van der Waals surface area contributed by atoms with E-state index in [0.717, 1.165) is 0 Å². The van der Waals surface area contributed by atoms with Crippen molar-refractivity contribution in [3.63, 3.8) is 0 Å². The van der Waals surface area contributed by atoms with Crippen LogP contribution in [0.4, 0.5) is 37.7 Å². The average molecular weight is 651 g/mol. The zero-order valence-electron chi connectivity index (χ0n) is 24.2. The van der Waals surface area contributed by atoms with Gasteiger partial charge in [-0.3, -0.25) is 19.5 Å². The average Bonchev–Trinajstić information content (AvgIpc) is 3.22. The molecule has 0 bridgehead atoms. The molecule has 2 amide bonds. The van der Waals surface area contributed by atoms with Gasteiger partial charge in [-0.15, -0.1) is 0 Å². The fourth-order valence-electron chi connectivity index (χ4n) is 5.69. The third kappa shape index (κ3) is 6.13. The van der Waals surface area contributed by atoms with Crippen molar-refractivity contribution in [1.29, 1.82) is 0 Å². The second-order valence-electron chi connectivity index (χ2n) is 10.9. The zero-order valence-corrected chi connectivity index (χ0v) is 24.2. The Balaban J connectivity index is 1.67. The van der Waals surface area contributed by atoms with Gasteiger partial charge in [0, 0.05) is 22.3 Å². The predicted octanol–water partition coefficient (Wildman–Crippen LogP) is 5.94. The summed E-state index contributed by atoms with van der Waals surface area (Å²) < 4.78 is 84.4. The van der Waals surface area contributed by atoms with Crippen molar-refractivity contribution in [2.45, 2.75) is 24.1 Å². The standard InChI is InChI=1S/C34H24F6N4O3/c35-32(36,37)19-43-25-17-9-7-15-23(25)27(21-11-3-1-4-12-21)41-29(30(43)45)34(47)31(46)44(20-33(38,39)40)26-18-10-8-16-24(26)28(42-34)22-13-5-2-6-14-22/h1-18,29,47H,19-20H2/t29?,34-/m1/s1. The number of aliphatic imine (C=N–C) groups is 2. The van der Waals surface area contributed by atoms with E-state index in [0.29, 0.717) is 10.5 Å². The van der Waals surface area contributed by atoms with Gasteiger partial charge in [-0.2, -0.15) is 26.3 Å². The van der Waals surface area contributed by atoms with Gasteiger partial charge in [0.25, 0.3) is 17.5 Å². The molecule has 4 aromatic carbocycles. The van der Waals surface area contributed by atoms with Crippen molar-refractivity contribution in [1.82, 2.24) is 0 Å². The van der Waals surface area contributed by atoms with Gasteiger partial charge in [0.2, 0.25) is 0 Å². The molecule has 0 aromatic heterocycles. The number of aliphatic hydroxyl groups is 1. The number of nitrogens with zero attached hydrogens (tertiary/aromatic N) is 4. The van der Waals surface area contributed by atoms with Gasteiger partial charge in [-0.1, -0.05) is 97.1 Å². The summed E-state index contributed by atoms with van der Waals surface area (Å²) in [6.07, 6.45) is -9.96. The third-order valence-corrected chi connectivity index (χ3v) is 7.65. The third-order valence-electron chi connectivity index (χ3n) is 7.65. The fourth-order valence-corrected chi connectivity index (χ4v) is 5.69. The molecule has 2 aliphatic rings. The van der Waals surface area contributed by atoms with Gasteiger partial charge in [-0.05, 0) is 12.1 Å². The number of halogens is 6. The Kier molecular flexibility index (Phi) is 7.96. The van der Waals surface area contributed by atoms with Gasteiger partial charge < -0.3 is 10.0 Å². The number of fused-ring (bicyclic) bond motifs is 2. The van der Waals surface area contributed by atoms with Crippen LogP contribution in [-0.4, -0.2) is 65.6 Å². The minimum atomic E-state index is -4.99. The number of hydrogen-bond donors (Lipinski definition) is 1. The molecule has 0 saturated heterocycles. The normalized spacial score (nSPS) is 20.1. The van der Waals surface area contributed by atoms with E-state index in [1.54, 1.807) is 48.5 Å². The topological polar surface area (TPSA) is 85.6 Å². The molecule has 1 N–H and O–H groups in total. The largest absolute Gasteiger partial charge is 0.406 e. The summed E-state index contributed by atoms with van der Waals surface area (Å²) in [6, 6.07) is 24.5. The summed E-state index contributed by atoms with van der Waals surface area (Å²) in [5, 5.41) is 12.4. The molecule has 2 atom stereocenters. The van der Waals surface area contributed by atoms with E-state index in [1.165, 1.54) is 60.7 Å². The van der Waals surface area contributed by atoms with Crippen molar-refractivity contribution in [2.24, 2.45) is 9.98 Å². The van der Waals surface area contributed by atoms with Crippen LogP contribution in [0.1, 0.15) is 22.3 Å². The van der Waals surface area contributed by atoms with E-state index >= 15 is 0 Å². The summed E-state index contributed by atoms with van der Waals surface area (Å²) in [5.74, 6) is -3.19. The number of carbonyl (C=O) groups excluding carboxylic acids is 2. The second kappa shape index (κ2) is 11.8. The number of benzodiazepines with no additional fused rings is 2. The molecule has 0 fully saturated rings. The minimum Gasteiger partial charge on any atom is -0.360 e. The van der Waals surface area contributed by atoms with Crippen LogP contribution in [0.5, 0.6) is 0 Å². The highest BCUT2D eigenvalue weighted by Gasteiger charge is 2.57. The Morgan fingerprint density at radius 3 is 1.57 bits per heavy atom. The van der Waals surface area contributed by atoms with Crippen LogP contribution in [0.25, 0.3) is 0 Å². The highest BCUT2D eigenvalue weighted by atomic mass is 19.4. The van der Waals surface area contributed by atoms with Crippen LogP contribution < -0.4 is 9.80 Å². The Morgan fingerprint density at radius 1 is 0.617 bits per heavy atom. The van der Waals surface area contributed by atoms with Gasteiger partial charge in [0.1, 0.15) is 13.1 Å². The number of amides is 2. The SMILES string of the molecule is O=C1C([C@]2(O)N=C(c3ccccc3)c3ccccc3N(CC(F)(F)F)C2=O)N=C(c2ccccc2)c2ccccc2N1CC(F)(F)F. The van der Waals surface area contributed by atoms with Crippen LogP contribution in [0, 0.1) is 0 Å². The molecular formula is C34H24F6N4O3. The van der Waals surface area contributed by atoms with E-state index in [4.69, 9.17) is 0 Å². The Labute approximate surface area is 264 Å². The van der Waals surface area contributed by atoms with E-state index < -0.39 is 49.0 Å². The number of rotatable bonds is 5. The van der Waals surface area contributed by atoms with Crippen molar-refractivity contribution in [3.05, 3.63) is 131 Å². The first-order valence-electron chi connectivity index (χ1n) is 14.2. The first-order valence-corrected chi connectivity index (χ1v) is 14.2.